The van der Waals surface area contributed by atoms with Gasteiger partial charge in [-0.15, -0.1) is 0 Å². The Hall–Kier alpha value is -1.66. The number of nitrogens with one attached hydrogen (secondary N) is 1. The maximum absolute atomic E-state index is 11.7. The molecule has 1 rings (SSSR count). The fourth-order valence-electron chi connectivity index (χ4n) is 1.18. The Morgan fingerprint density at radius 2 is 2.06 bits per heavy atom. The van der Waals surface area contributed by atoms with Gasteiger partial charge in [0.15, 0.2) is 6.29 Å². The van der Waals surface area contributed by atoms with Crippen LogP contribution >= 0.6 is 0 Å². The largest absolute Gasteiger partial charge is 0.481 e. The summed E-state index contributed by atoms with van der Waals surface area (Å²) in [5.74, 6) is 0.229. The molecular formula is C11H16N2O4. The molecule has 6 nitrogen and oxygen atoms in total. The van der Waals surface area contributed by atoms with Crippen molar-refractivity contribution in [3.8, 4) is 5.88 Å². The van der Waals surface area contributed by atoms with E-state index >= 15 is 0 Å². The fraction of sp³-hybridized carbons (Fsp3) is 0.455. The van der Waals surface area contributed by atoms with Gasteiger partial charge in [-0.3, -0.25) is 4.79 Å². The van der Waals surface area contributed by atoms with E-state index in [4.69, 9.17) is 14.2 Å². The monoisotopic (exact) mass is 240 g/mol. The lowest BCUT2D eigenvalue weighted by atomic mass is 10.2. The zero-order valence-corrected chi connectivity index (χ0v) is 10.1. The third-order valence-corrected chi connectivity index (χ3v) is 2.16. The van der Waals surface area contributed by atoms with Crippen molar-refractivity contribution in [1.82, 2.24) is 10.3 Å². The van der Waals surface area contributed by atoms with E-state index in [0.29, 0.717) is 11.4 Å². The van der Waals surface area contributed by atoms with Gasteiger partial charge in [0.25, 0.3) is 5.91 Å². The normalized spacial score (nSPS) is 10.4. The highest BCUT2D eigenvalue weighted by Crippen LogP contribution is 2.06. The molecule has 0 fully saturated rings. The van der Waals surface area contributed by atoms with Crippen LogP contribution in [0.2, 0.25) is 0 Å². The molecule has 0 aromatic carbocycles. The number of methoxy groups -OCH3 is 3. The molecule has 0 aliphatic carbocycles. The summed E-state index contributed by atoms with van der Waals surface area (Å²) in [7, 11) is 4.54. The van der Waals surface area contributed by atoms with Crippen LogP contribution in [0.4, 0.5) is 0 Å². The van der Waals surface area contributed by atoms with E-state index in [9.17, 15) is 4.79 Å². The summed E-state index contributed by atoms with van der Waals surface area (Å²) < 4.78 is 14.8. The maximum atomic E-state index is 11.7. The molecule has 1 N–H and O–H groups in total. The fourth-order valence-corrected chi connectivity index (χ4v) is 1.18. The van der Waals surface area contributed by atoms with Gasteiger partial charge >= 0.3 is 0 Å². The Kier molecular flexibility index (Phi) is 5.38. The average Bonchev–Trinajstić information content (AvgIpc) is 2.39. The predicted molar refractivity (Wildman–Crippen MR) is 60.9 cm³/mol. The highest BCUT2D eigenvalue weighted by atomic mass is 16.7. The van der Waals surface area contributed by atoms with Crippen molar-refractivity contribution in [3.63, 3.8) is 0 Å². The van der Waals surface area contributed by atoms with Crippen molar-refractivity contribution >= 4 is 5.91 Å². The molecule has 0 saturated carbocycles. The molecule has 6 heteroatoms. The third-order valence-electron chi connectivity index (χ3n) is 2.16. The van der Waals surface area contributed by atoms with E-state index < -0.39 is 6.29 Å². The molecule has 0 aliphatic heterocycles. The Balaban J connectivity index is 2.51. The van der Waals surface area contributed by atoms with E-state index in [1.165, 1.54) is 27.5 Å². The summed E-state index contributed by atoms with van der Waals surface area (Å²) in [6.07, 6.45) is 0.994. The van der Waals surface area contributed by atoms with Crippen molar-refractivity contribution in [2.45, 2.75) is 6.29 Å². The van der Waals surface area contributed by atoms with Gasteiger partial charge in [-0.2, -0.15) is 0 Å². The van der Waals surface area contributed by atoms with Crippen LogP contribution in [0.1, 0.15) is 10.4 Å². The van der Waals surface area contributed by atoms with Crippen molar-refractivity contribution in [2.24, 2.45) is 0 Å². The van der Waals surface area contributed by atoms with E-state index in [1.54, 1.807) is 12.1 Å². The molecule has 17 heavy (non-hydrogen) atoms. The second-order valence-electron chi connectivity index (χ2n) is 3.20. The van der Waals surface area contributed by atoms with Gasteiger partial charge in [-0.25, -0.2) is 4.98 Å². The number of pyridine rings is 1. The van der Waals surface area contributed by atoms with Gasteiger partial charge in [0.1, 0.15) is 0 Å². The number of ether oxygens (including phenoxy) is 3. The first kappa shape index (κ1) is 13.4. The topological polar surface area (TPSA) is 69.7 Å². The number of hydrogen-bond acceptors (Lipinski definition) is 5. The van der Waals surface area contributed by atoms with Crippen LogP contribution in [-0.4, -0.2) is 45.1 Å². The first-order chi connectivity index (χ1) is 8.21. The number of hydrogen-bond donors (Lipinski definition) is 1. The first-order valence-corrected chi connectivity index (χ1v) is 5.05. The van der Waals surface area contributed by atoms with Gasteiger partial charge in [-0.05, 0) is 6.07 Å². The van der Waals surface area contributed by atoms with Crippen LogP contribution in [0.5, 0.6) is 5.88 Å². The molecule has 0 aliphatic rings. The van der Waals surface area contributed by atoms with Crippen molar-refractivity contribution in [1.29, 1.82) is 0 Å². The summed E-state index contributed by atoms with van der Waals surface area (Å²) in [5.41, 5.74) is 0.455. The number of rotatable bonds is 6. The second-order valence-corrected chi connectivity index (χ2v) is 3.20. The minimum Gasteiger partial charge on any atom is -0.481 e. The van der Waals surface area contributed by atoms with E-state index in [1.807, 2.05) is 0 Å². The van der Waals surface area contributed by atoms with Crippen molar-refractivity contribution in [3.05, 3.63) is 23.9 Å². The summed E-state index contributed by atoms with van der Waals surface area (Å²) >= 11 is 0. The number of amides is 1. The Morgan fingerprint density at radius 3 is 2.53 bits per heavy atom. The first-order valence-electron chi connectivity index (χ1n) is 5.05. The van der Waals surface area contributed by atoms with Crippen LogP contribution in [0, 0.1) is 0 Å². The Bertz CT molecular complexity index is 349. The minimum atomic E-state index is -0.454. The molecule has 0 spiro atoms. The SMILES string of the molecule is COc1ccc(C(=O)NCC(OC)OC)cn1. The van der Waals surface area contributed by atoms with E-state index in [2.05, 4.69) is 10.3 Å². The van der Waals surface area contributed by atoms with Gasteiger partial charge in [0.05, 0.1) is 19.2 Å². The van der Waals surface area contributed by atoms with Gasteiger partial charge in [-0.1, -0.05) is 0 Å². The van der Waals surface area contributed by atoms with Gasteiger partial charge in [0.2, 0.25) is 5.88 Å². The van der Waals surface area contributed by atoms with Crippen molar-refractivity contribution < 1.29 is 19.0 Å². The van der Waals surface area contributed by atoms with Gasteiger partial charge < -0.3 is 19.5 Å². The lowest BCUT2D eigenvalue weighted by Gasteiger charge is -2.13. The maximum Gasteiger partial charge on any atom is 0.253 e. The van der Waals surface area contributed by atoms with Crippen LogP contribution in [0.3, 0.4) is 0 Å². The zero-order chi connectivity index (χ0) is 12.7. The molecule has 1 amide bonds. The lowest BCUT2D eigenvalue weighted by molar-refractivity contribution is -0.0974. The second kappa shape index (κ2) is 6.82. The summed E-state index contributed by atoms with van der Waals surface area (Å²) in [6, 6.07) is 3.26. The smallest absolute Gasteiger partial charge is 0.253 e. The number of carbonyl (C=O) groups excluding carboxylic acids is 1. The standard InChI is InChI=1S/C11H16N2O4/c1-15-9-5-4-8(6-12-9)11(14)13-7-10(16-2)17-3/h4-6,10H,7H2,1-3H3,(H,13,14). The number of carbonyl (C=O) groups is 1. The molecule has 1 heterocycles. The summed E-state index contributed by atoms with van der Waals surface area (Å²) in [6.45, 7) is 0.276. The Morgan fingerprint density at radius 1 is 1.35 bits per heavy atom. The molecule has 0 atom stereocenters. The third kappa shape index (κ3) is 4.01. The molecule has 1 aromatic rings. The summed E-state index contributed by atoms with van der Waals surface area (Å²) in [5, 5.41) is 2.67. The van der Waals surface area contributed by atoms with Crippen LogP contribution in [-0.2, 0) is 9.47 Å². The molecule has 1 aromatic heterocycles. The highest BCUT2D eigenvalue weighted by molar-refractivity contribution is 5.93. The molecule has 94 valence electrons. The number of nitrogens with zero attached hydrogens (tertiary/aromatic N) is 1. The van der Waals surface area contributed by atoms with Crippen LogP contribution in [0.15, 0.2) is 18.3 Å². The molecular weight excluding hydrogens is 224 g/mol. The van der Waals surface area contributed by atoms with Gasteiger partial charge in [0, 0.05) is 26.5 Å². The minimum absolute atomic E-state index is 0.237. The Labute approximate surface area is 99.9 Å². The molecule has 0 saturated heterocycles. The van der Waals surface area contributed by atoms with E-state index in [-0.39, 0.29) is 12.5 Å². The van der Waals surface area contributed by atoms with Crippen molar-refractivity contribution in [2.75, 3.05) is 27.9 Å². The average molecular weight is 240 g/mol. The molecule has 0 radical (unpaired) electrons. The lowest BCUT2D eigenvalue weighted by Crippen LogP contribution is -2.34. The highest BCUT2D eigenvalue weighted by Gasteiger charge is 2.10. The van der Waals surface area contributed by atoms with Crippen LogP contribution in [0.25, 0.3) is 0 Å². The summed E-state index contributed by atoms with van der Waals surface area (Å²) in [4.78, 5) is 15.6. The molecule has 0 unspecified atom stereocenters. The van der Waals surface area contributed by atoms with Crippen LogP contribution < -0.4 is 10.1 Å². The number of aromatic nitrogens is 1. The predicted octanol–water partition coefficient (Wildman–Crippen LogP) is 0.439. The molecule has 0 bridgehead atoms. The zero-order valence-electron chi connectivity index (χ0n) is 10.1. The quantitative estimate of drug-likeness (QED) is 0.731. The van der Waals surface area contributed by atoms with E-state index in [0.717, 1.165) is 0 Å².